The lowest BCUT2D eigenvalue weighted by Crippen LogP contribution is -2.06. The molecule has 0 unspecified atom stereocenters. The molecule has 3 heteroatoms. The quantitative estimate of drug-likeness (QED) is 0.768. The maximum absolute atomic E-state index is 11.5. The van der Waals surface area contributed by atoms with Crippen molar-refractivity contribution in [3.63, 3.8) is 0 Å². The summed E-state index contributed by atoms with van der Waals surface area (Å²) in [6.07, 6.45) is 0. The van der Waals surface area contributed by atoms with Gasteiger partial charge in [-0.15, -0.1) is 0 Å². The monoisotopic (exact) mass is 283 g/mol. The van der Waals surface area contributed by atoms with E-state index in [9.17, 15) is 4.79 Å². The van der Waals surface area contributed by atoms with Gasteiger partial charge in [0.15, 0.2) is 5.78 Å². The second-order valence-corrected chi connectivity index (χ2v) is 5.59. The molecule has 0 atom stereocenters. The largest absolute Gasteiger partial charge is 0.493 e. The van der Waals surface area contributed by atoms with Crippen molar-refractivity contribution in [1.82, 2.24) is 4.98 Å². The van der Waals surface area contributed by atoms with Crippen molar-refractivity contribution >= 4 is 5.78 Å². The van der Waals surface area contributed by atoms with Crippen LogP contribution in [0.2, 0.25) is 0 Å². The Morgan fingerprint density at radius 2 is 1.90 bits per heavy atom. The van der Waals surface area contributed by atoms with E-state index in [1.54, 1.807) is 6.92 Å². The molecule has 0 saturated heterocycles. The maximum Gasteiger partial charge on any atom is 0.161 e. The van der Waals surface area contributed by atoms with Gasteiger partial charge in [0.2, 0.25) is 0 Å². The van der Waals surface area contributed by atoms with Crippen LogP contribution in [0.1, 0.15) is 36.8 Å². The summed E-state index contributed by atoms with van der Waals surface area (Å²) in [7, 11) is 0. The van der Waals surface area contributed by atoms with Gasteiger partial charge in [0, 0.05) is 16.8 Å². The Labute approximate surface area is 126 Å². The molecule has 0 bridgehead atoms. The SMILES string of the molecule is CC(=O)c1ccc(-c2ccccc2OCC(C)C)nc1C. The molecule has 0 fully saturated rings. The third kappa shape index (κ3) is 3.69. The summed E-state index contributed by atoms with van der Waals surface area (Å²) in [6, 6.07) is 11.6. The summed E-state index contributed by atoms with van der Waals surface area (Å²) in [5, 5.41) is 0. The molecule has 2 aromatic rings. The average molecular weight is 283 g/mol. The zero-order valence-corrected chi connectivity index (χ0v) is 13.0. The van der Waals surface area contributed by atoms with E-state index in [4.69, 9.17) is 4.74 Å². The summed E-state index contributed by atoms with van der Waals surface area (Å²) in [4.78, 5) is 16.0. The van der Waals surface area contributed by atoms with Gasteiger partial charge in [-0.25, -0.2) is 0 Å². The van der Waals surface area contributed by atoms with Crippen molar-refractivity contribution in [1.29, 1.82) is 0 Å². The molecule has 3 nitrogen and oxygen atoms in total. The van der Waals surface area contributed by atoms with E-state index in [1.807, 2.05) is 43.3 Å². The lowest BCUT2D eigenvalue weighted by molar-refractivity contribution is 0.101. The highest BCUT2D eigenvalue weighted by molar-refractivity contribution is 5.95. The molecule has 0 spiro atoms. The van der Waals surface area contributed by atoms with Gasteiger partial charge < -0.3 is 4.74 Å². The molecule has 0 aliphatic carbocycles. The number of carbonyl (C=O) groups excluding carboxylic acids is 1. The topological polar surface area (TPSA) is 39.2 Å². The first-order valence-corrected chi connectivity index (χ1v) is 7.20. The van der Waals surface area contributed by atoms with E-state index in [0.717, 1.165) is 22.7 Å². The summed E-state index contributed by atoms with van der Waals surface area (Å²) in [6.45, 7) is 8.32. The highest BCUT2D eigenvalue weighted by atomic mass is 16.5. The molecule has 1 aromatic carbocycles. The van der Waals surface area contributed by atoms with Gasteiger partial charge in [-0.3, -0.25) is 9.78 Å². The van der Waals surface area contributed by atoms with E-state index in [1.165, 1.54) is 0 Å². The molecular weight excluding hydrogens is 262 g/mol. The summed E-state index contributed by atoms with van der Waals surface area (Å²) in [5.74, 6) is 1.33. The van der Waals surface area contributed by atoms with Crippen LogP contribution in [-0.4, -0.2) is 17.4 Å². The van der Waals surface area contributed by atoms with E-state index >= 15 is 0 Å². The third-order valence-electron chi connectivity index (χ3n) is 3.20. The first kappa shape index (κ1) is 15.2. The average Bonchev–Trinajstić information content (AvgIpc) is 2.45. The lowest BCUT2D eigenvalue weighted by atomic mass is 10.1. The number of hydrogen-bond donors (Lipinski definition) is 0. The molecule has 2 rings (SSSR count). The van der Waals surface area contributed by atoms with E-state index < -0.39 is 0 Å². The Morgan fingerprint density at radius 1 is 1.19 bits per heavy atom. The number of aryl methyl sites for hydroxylation is 1. The van der Waals surface area contributed by atoms with E-state index in [0.29, 0.717) is 18.1 Å². The smallest absolute Gasteiger partial charge is 0.161 e. The van der Waals surface area contributed by atoms with Crippen molar-refractivity contribution < 1.29 is 9.53 Å². The minimum Gasteiger partial charge on any atom is -0.493 e. The molecule has 1 aromatic heterocycles. The molecule has 0 aliphatic heterocycles. The Kier molecular flexibility index (Phi) is 4.73. The highest BCUT2D eigenvalue weighted by Gasteiger charge is 2.11. The predicted molar refractivity (Wildman–Crippen MR) is 84.7 cm³/mol. The Hall–Kier alpha value is -2.16. The standard InChI is InChI=1S/C18H21NO2/c1-12(2)11-21-18-8-6-5-7-16(18)17-10-9-15(14(4)20)13(3)19-17/h5-10,12H,11H2,1-4H3. The molecular formula is C18H21NO2. The molecule has 0 amide bonds. The predicted octanol–water partition coefficient (Wildman–Crippen LogP) is 4.29. The van der Waals surface area contributed by atoms with Gasteiger partial charge >= 0.3 is 0 Å². The molecule has 0 N–H and O–H groups in total. The van der Waals surface area contributed by atoms with Gasteiger partial charge in [0.25, 0.3) is 0 Å². The van der Waals surface area contributed by atoms with Crippen molar-refractivity contribution in [2.75, 3.05) is 6.61 Å². The second kappa shape index (κ2) is 6.53. The number of pyridine rings is 1. The first-order valence-electron chi connectivity index (χ1n) is 7.20. The van der Waals surface area contributed by atoms with Gasteiger partial charge in [0.05, 0.1) is 12.3 Å². The number of carbonyl (C=O) groups is 1. The Balaban J connectivity index is 2.38. The summed E-state index contributed by atoms with van der Waals surface area (Å²) >= 11 is 0. The van der Waals surface area contributed by atoms with Crippen LogP contribution in [0.25, 0.3) is 11.3 Å². The van der Waals surface area contributed by atoms with Crippen LogP contribution < -0.4 is 4.74 Å². The number of benzene rings is 1. The normalized spacial score (nSPS) is 10.7. The Bertz CT molecular complexity index is 647. The van der Waals surface area contributed by atoms with Gasteiger partial charge in [0.1, 0.15) is 5.75 Å². The van der Waals surface area contributed by atoms with Crippen LogP contribution in [0.5, 0.6) is 5.75 Å². The molecule has 0 radical (unpaired) electrons. The molecule has 110 valence electrons. The number of Topliss-reactive ketones (excluding diaryl/α,β-unsaturated/α-hetero) is 1. The lowest BCUT2D eigenvalue weighted by Gasteiger charge is -2.13. The third-order valence-corrected chi connectivity index (χ3v) is 3.20. The zero-order chi connectivity index (χ0) is 15.4. The summed E-state index contributed by atoms with van der Waals surface area (Å²) < 4.78 is 5.86. The van der Waals surface area contributed by atoms with Crippen LogP contribution >= 0.6 is 0 Å². The van der Waals surface area contributed by atoms with Gasteiger partial charge in [-0.2, -0.15) is 0 Å². The zero-order valence-electron chi connectivity index (χ0n) is 13.0. The van der Waals surface area contributed by atoms with Crippen LogP contribution in [0, 0.1) is 12.8 Å². The van der Waals surface area contributed by atoms with Crippen molar-refractivity contribution in [3.05, 3.63) is 47.7 Å². The number of nitrogens with zero attached hydrogens (tertiary/aromatic N) is 1. The van der Waals surface area contributed by atoms with Crippen molar-refractivity contribution in [2.45, 2.75) is 27.7 Å². The van der Waals surface area contributed by atoms with Crippen LogP contribution in [0.15, 0.2) is 36.4 Å². The fourth-order valence-corrected chi connectivity index (χ4v) is 2.14. The fourth-order valence-electron chi connectivity index (χ4n) is 2.14. The fraction of sp³-hybridized carbons (Fsp3) is 0.333. The van der Waals surface area contributed by atoms with E-state index in [-0.39, 0.29) is 5.78 Å². The van der Waals surface area contributed by atoms with Crippen LogP contribution in [-0.2, 0) is 0 Å². The molecule has 0 saturated carbocycles. The number of ether oxygens (including phenoxy) is 1. The van der Waals surface area contributed by atoms with E-state index in [2.05, 4.69) is 18.8 Å². The van der Waals surface area contributed by atoms with Gasteiger partial charge in [-0.05, 0) is 44.0 Å². The second-order valence-electron chi connectivity index (χ2n) is 5.59. The first-order chi connectivity index (χ1) is 9.99. The number of para-hydroxylation sites is 1. The van der Waals surface area contributed by atoms with Crippen LogP contribution in [0.3, 0.4) is 0 Å². The minimum absolute atomic E-state index is 0.0379. The highest BCUT2D eigenvalue weighted by Crippen LogP contribution is 2.29. The van der Waals surface area contributed by atoms with Crippen molar-refractivity contribution in [3.8, 4) is 17.0 Å². The number of aromatic nitrogens is 1. The number of ketones is 1. The van der Waals surface area contributed by atoms with Gasteiger partial charge in [-0.1, -0.05) is 26.0 Å². The molecule has 21 heavy (non-hydrogen) atoms. The van der Waals surface area contributed by atoms with Crippen molar-refractivity contribution in [2.24, 2.45) is 5.92 Å². The van der Waals surface area contributed by atoms with Crippen LogP contribution in [0.4, 0.5) is 0 Å². The minimum atomic E-state index is 0.0379. The number of rotatable bonds is 5. The maximum atomic E-state index is 11.5. The summed E-state index contributed by atoms with van der Waals surface area (Å²) in [5.41, 5.74) is 3.20. The Morgan fingerprint density at radius 3 is 2.52 bits per heavy atom. The molecule has 0 aliphatic rings. The number of hydrogen-bond acceptors (Lipinski definition) is 3. The molecule has 1 heterocycles.